The van der Waals surface area contributed by atoms with Crippen LogP contribution in [-0.4, -0.2) is 80.7 Å². The summed E-state index contributed by atoms with van der Waals surface area (Å²) in [5.74, 6) is 2.55. The highest BCUT2D eigenvalue weighted by atomic mass is 32.2. The van der Waals surface area contributed by atoms with Crippen molar-refractivity contribution in [2.45, 2.75) is 36.2 Å². The number of amides is 2. The van der Waals surface area contributed by atoms with E-state index in [2.05, 4.69) is 27.0 Å². The third kappa shape index (κ3) is 8.34. The van der Waals surface area contributed by atoms with Crippen molar-refractivity contribution in [3.8, 4) is 0 Å². The summed E-state index contributed by atoms with van der Waals surface area (Å²) >= 11 is 0. The molecule has 0 aromatic heterocycles. The van der Waals surface area contributed by atoms with Crippen molar-refractivity contribution >= 4 is 44.8 Å². The number of hydrogen-bond donors (Lipinski definition) is 5. The van der Waals surface area contributed by atoms with Gasteiger partial charge in [-0.2, -0.15) is 9.82 Å². The maximum Gasteiger partial charge on any atom is 0.323 e. The number of carbonyl (C=O) groups is 3. The average molecular weight is 559 g/mol. The second-order valence-corrected chi connectivity index (χ2v) is 11.0. The fourth-order valence-corrected chi connectivity index (χ4v) is 5.75. The number of piperidine rings is 1. The largest absolute Gasteiger partial charge is 0.480 e. The van der Waals surface area contributed by atoms with Gasteiger partial charge in [-0.15, -0.1) is 6.58 Å². The fourth-order valence-electron chi connectivity index (χ4n) is 4.53. The number of aliphatic carboxylic acids is 1. The second-order valence-electron chi connectivity index (χ2n) is 9.29. The van der Waals surface area contributed by atoms with Crippen LogP contribution in [0.3, 0.4) is 0 Å². The van der Waals surface area contributed by atoms with E-state index in [0.29, 0.717) is 11.9 Å². The number of fused-ring (bicyclic) bond motifs is 1. The van der Waals surface area contributed by atoms with Crippen LogP contribution < -0.4 is 21.2 Å². The minimum Gasteiger partial charge on any atom is -0.480 e. The van der Waals surface area contributed by atoms with Gasteiger partial charge in [-0.05, 0) is 48.2 Å². The van der Waals surface area contributed by atoms with Crippen LogP contribution in [0.15, 0.2) is 65.1 Å². The van der Waals surface area contributed by atoms with E-state index in [1.165, 1.54) is 24.4 Å². The SMILES string of the molecule is C=CCN(CC(=O)O)C(=O)[C@H](CC(=O)N[C@H](C=NN)C1CCCNC1)NS(=O)(=O)c1ccc2ccccc2c1. The number of rotatable bonds is 13. The molecule has 3 rings (SSSR count). The molecular weight excluding hydrogens is 524 g/mol. The Morgan fingerprint density at radius 2 is 1.97 bits per heavy atom. The van der Waals surface area contributed by atoms with Crippen LogP contribution in [0.2, 0.25) is 0 Å². The Balaban J connectivity index is 1.88. The monoisotopic (exact) mass is 558 g/mol. The van der Waals surface area contributed by atoms with E-state index in [4.69, 9.17) is 5.84 Å². The number of nitrogens with zero attached hydrogens (tertiary/aromatic N) is 2. The van der Waals surface area contributed by atoms with Crippen LogP contribution >= 0.6 is 0 Å². The first-order valence-corrected chi connectivity index (χ1v) is 14.0. The van der Waals surface area contributed by atoms with Crippen molar-refractivity contribution in [1.29, 1.82) is 0 Å². The Morgan fingerprint density at radius 1 is 1.23 bits per heavy atom. The van der Waals surface area contributed by atoms with Crippen molar-refractivity contribution in [2.75, 3.05) is 26.2 Å². The van der Waals surface area contributed by atoms with Crippen molar-refractivity contribution in [2.24, 2.45) is 16.9 Å². The molecule has 12 nitrogen and oxygen atoms in total. The first-order valence-electron chi connectivity index (χ1n) is 12.5. The molecule has 1 saturated heterocycles. The number of benzene rings is 2. The number of sulfonamides is 1. The van der Waals surface area contributed by atoms with Gasteiger partial charge in [0.1, 0.15) is 12.6 Å². The fraction of sp³-hybridized carbons (Fsp3) is 0.385. The van der Waals surface area contributed by atoms with E-state index < -0.39 is 52.9 Å². The zero-order valence-corrected chi connectivity index (χ0v) is 22.3. The van der Waals surface area contributed by atoms with Gasteiger partial charge in [-0.3, -0.25) is 14.4 Å². The lowest BCUT2D eigenvalue weighted by molar-refractivity contribution is -0.145. The molecule has 1 heterocycles. The Kier molecular flexibility index (Phi) is 10.5. The van der Waals surface area contributed by atoms with Crippen LogP contribution in [0, 0.1) is 5.92 Å². The number of carboxylic acid groups (broad SMARTS) is 1. The molecule has 2 amide bonds. The van der Waals surface area contributed by atoms with Gasteiger partial charge in [0.2, 0.25) is 21.8 Å². The van der Waals surface area contributed by atoms with Crippen LogP contribution in [0.4, 0.5) is 0 Å². The molecule has 0 saturated carbocycles. The molecule has 210 valence electrons. The summed E-state index contributed by atoms with van der Waals surface area (Å²) in [7, 11) is -4.28. The molecule has 0 bridgehead atoms. The normalized spacial score (nSPS) is 17.4. The minimum absolute atomic E-state index is 0.00252. The van der Waals surface area contributed by atoms with Gasteiger partial charge in [0.15, 0.2) is 0 Å². The van der Waals surface area contributed by atoms with Crippen LogP contribution in [-0.2, 0) is 24.4 Å². The van der Waals surface area contributed by atoms with Crippen LogP contribution in [0.1, 0.15) is 19.3 Å². The molecule has 0 radical (unpaired) electrons. The average Bonchev–Trinajstić information content (AvgIpc) is 2.91. The zero-order valence-electron chi connectivity index (χ0n) is 21.5. The number of hydrogen-bond acceptors (Lipinski definition) is 8. The molecular formula is C26H34N6O6S. The standard InChI is InChI=1S/C26H34N6O6S/c1-2-12-32(17-25(34)35)26(36)22(14-24(33)30-23(16-29-27)20-8-5-11-28-15-20)31-39(37,38)21-10-9-18-6-3-4-7-19(18)13-21/h2-4,6-7,9-10,13,16,20,22-23,28,31H,1,5,8,11-12,14-15,17,27H2,(H,30,33)(H,34,35)/t20?,22-,23+/m0/s1. The van der Waals surface area contributed by atoms with Crippen molar-refractivity contribution in [1.82, 2.24) is 20.3 Å². The van der Waals surface area contributed by atoms with E-state index in [-0.39, 0.29) is 17.4 Å². The lowest BCUT2D eigenvalue weighted by atomic mass is 9.92. The number of hydrazone groups is 1. The van der Waals surface area contributed by atoms with E-state index in [1.54, 1.807) is 18.2 Å². The summed E-state index contributed by atoms with van der Waals surface area (Å²) in [6.45, 7) is 4.16. The number of nitrogens with two attached hydrogens (primary N) is 1. The van der Waals surface area contributed by atoms with Crippen molar-refractivity contribution in [3.63, 3.8) is 0 Å². The third-order valence-corrected chi connectivity index (χ3v) is 7.89. The molecule has 1 aliphatic heterocycles. The molecule has 1 aliphatic rings. The van der Waals surface area contributed by atoms with Gasteiger partial charge < -0.3 is 26.5 Å². The van der Waals surface area contributed by atoms with E-state index in [0.717, 1.165) is 29.7 Å². The molecule has 39 heavy (non-hydrogen) atoms. The quantitative estimate of drug-likeness (QED) is 0.101. The van der Waals surface area contributed by atoms with Gasteiger partial charge in [-0.1, -0.05) is 36.4 Å². The first kappa shape index (κ1) is 29.7. The Hall–Kier alpha value is -3.81. The summed E-state index contributed by atoms with van der Waals surface area (Å²) in [4.78, 5) is 38.7. The predicted octanol–water partition coefficient (Wildman–Crippen LogP) is 0.405. The maximum atomic E-state index is 13.4. The highest BCUT2D eigenvalue weighted by molar-refractivity contribution is 7.89. The zero-order chi connectivity index (χ0) is 28.4. The lowest BCUT2D eigenvalue weighted by Gasteiger charge is -2.30. The summed E-state index contributed by atoms with van der Waals surface area (Å²) in [6.07, 6.45) is 3.86. The van der Waals surface area contributed by atoms with Gasteiger partial charge in [-0.25, -0.2) is 8.42 Å². The number of carbonyl (C=O) groups excluding carboxylic acids is 2. The van der Waals surface area contributed by atoms with Gasteiger partial charge in [0.05, 0.1) is 17.4 Å². The molecule has 2 aromatic carbocycles. The summed E-state index contributed by atoms with van der Waals surface area (Å²) in [6, 6.07) is 9.55. The summed E-state index contributed by atoms with van der Waals surface area (Å²) < 4.78 is 29.0. The molecule has 1 unspecified atom stereocenters. The van der Waals surface area contributed by atoms with Crippen molar-refractivity contribution < 1.29 is 27.9 Å². The smallest absolute Gasteiger partial charge is 0.323 e. The van der Waals surface area contributed by atoms with Gasteiger partial charge in [0, 0.05) is 19.3 Å². The second kappa shape index (κ2) is 13.8. The molecule has 3 atom stereocenters. The molecule has 0 aliphatic carbocycles. The van der Waals surface area contributed by atoms with Crippen molar-refractivity contribution in [3.05, 3.63) is 55.1 Å². The highest BCUT2D eigenvalue weighted by Gasteiger charge is 2.33. The topological polar surface area (TPSA) is 183 Å². The lowest BCUT2D eigenvalue weighted by Crippen LogP contribution is -2.53. The molecule has 13 heteroatoms. The Bertz CT molecular complexity index is 1330. The van der Waals surface area contributed by atoms with E-state index >= 15 is 0 Å². The van der Waals surface area contributed by atoms with Gasteiger partial charge in [0.25, 0.3) is 0 Å². The third-order valence-electron chi connectivity index (χ3n) is 6.42. The van der Waals surface area contributed by atoms with E-state index in [9.17, 15) is 27.9 Å². The molecule has 6 N–H and O–H groups in total. The van der Waals surface area contributed by atoms with E-state index in [1.807, 2.05) is 12.1 Å². The molecule has 2 aromatic rings. The minimum atomic E-state index is -4.28. The summed E-state index contributed by atoms with van der Waals surface area (Å²) in [5.41, 5.74) is 0. The summed E-state index contributed by atoms with van der Waals surface area (Å²) in [5, 5.41) is 20.4. The maximum absolute atomic E-state index is 13.4. The highest BCUT2D eigenvalue weighted by Crippen LogP contribution is 2.20. The Labute approximate surface area is 227 Å². The predicted molar refractivity (Wildman–Crippen MR) is 147 cm³/mol. The van der Waals surface area contributed by atoms with Crippen LogP contribution in [0.25, 0.3) is 10.8 Å². The number of nitrogens with one attached hydrogen (secondary N) is 3. The first-order chi connectivity index (χ1) is 18.6. The molecule has 0 spiro atoms. The van der Waals surface area contributed by atoms with Gasteiger partial charge >= 0.3 is 5.97 Å². The Morgan fingerprint density at radius 3 is 2.62 bits per heavy atom. The number of carboxylic acids is 1. The molecule has 1 fully saturated rings. The van der Waals surface area contributed by atoms with Crippen LogP contribution in [0.5, 0.6) is 0 Å².